The second-order valence-corrected chi connectivity index (χ2v) is 7.72. The normalized spacial score (nSPS) is 12.1. The van der Waals surface area contributed by atoms with Crippen LogP contribution in [0.25, 0.3) is 0 Å². The molecule has 0 saturated carbocycles. The Kier molecular flexibility index (Phi) is 6.78. The second kappa shape index (κ2) is 10.1. The van der Waals surface area contributed by atoms with Crippen molar-refractivity contribution in [1.82, 2.24) is 0 Å². The number of hydrogen-bond acceptors (Lipinski definition) is 5. The number of ether oxygens (including phenoxy) is 2. The Morgan fingerprint density at radius 2 is 1.73 bits per heavy atom. The summed E-state index contributed by atoms with van der Waals surface area (Å²) in [6.07, 6.45) is 1.04. The fourth-order valence-corrected chi connectivity index (χ4v) is 3.80. The Labute approximate surface area is 193 Å². The maximum atomic E-state index is 12.7. The first-order chi connectivity index (χ1) is 16.1. The van der Waals surface area contributed by atoms with Gasteiger partial charge in [-0.05, 0) is 67.4 Å². The summed E-state index contributed by atoms with van der Waals surface area (Å²) in [6.45, 7) is 3.95. The lowest BCUT2D eigenvalue weighted by atomic mass is 10.1. The number of anilines is 3. The van der Waals surface area contributed by atoms with Crippen LogP contribution in [0.2, 0.25) is 0 Å². The first-order valence-corrected chi connectivity index (χ1v) is 10.9. The molecule has 1 aliphatic rings. The smallest absolute Gasteiger partial charge is 0.262 e. The average Bonchev–Trinajstić information content (AvgIpc) is 3.25. The molecule has 0 unspecified atom stereocenters. The third-order valence-electron chi connectivity index (χ3n) is 5.56. The number of nitrogens with one attached hydrogen (secondary N) is 2. The highest BCUT2D eigenvalue weighted by Crippen LogP contribution is 2.30. The summed E-state index contributed by atoms with van der Waals surface area (Å²) in [5.41, 5.74) is 4.41. The quantitative estimate of drug-likeness (QED) is 0.539. The van der Waals surface area contributed by atoms with Crippen LogP contribution in [0.4, 0.5) is 17.1 Å². The standard InChI is InChI=1S/C26H27N3O4/c1-3-29-14-13-18-7-10-21(16-24(18)29)28-26(31)19-8-11-22(12-9-19)33-17-25(30)27-20-5-4-6-23(15-20)32-2/h4-12,15-16H,3,13-14,17H2,1-2H3,(H,27,30)(H,28,31). The SMILES string of the molecule is CCN1CCc2ccc(NC(=O)c3ccc(OCC(=O)Nc4cccc(OC)c4)cc3)cc21. The van der Waals surface area contributed by atoms with E-state index in [1.807, 2.05) is 12.1 Å². The minimum absolute atomic E-state index is 0.147. The predicted molar refractivity (Wildman–Crippen MR) is 130 cm³/mol. The summed E-state index contributed by atoms with van der Waals surface area (Å²) < 4.78 is 10.7. The van der Waals surface area contributed by atoms with Crippen LogP contribution in [0.5, 0.6) is 11.5 Å². The maximum Gasteiger partial charge on any atom is 0.262 e. The van der Waals surface area contributed by atoms with Gasteiger partial charge in [0.25, 0.3) is 11.8 Å². The molecule has 0 spiro atoms. The van der Waals surface area contributed by atoms with E-state index in [2.05, 4.69) is 28.5 Å². The van der Waals surface area contributed by atoms with Gasteiger partial charge in [-0.25, -0.2) is 0 Å². The van der Waals surface area contributed by atoms with Crippen molar-refractivity contribution < 1.29 is 19.1 Å². The number of methoxy groups -OCH3 is 1. The van der Waals surface area contributed by atoms with Crippen LogP contribution in [0.3, 0.4) is 0 Å². The Balaban J connectivity index is 1.30. The number of rotatable bonds is 8. The Morgan fingerprint density at radius 1 is 0.939 bits per heavy atom. The number of nitrogens with zero attached hydrogens (tertiary/aromatic N) is 1. The van der Waals surface area contributed by atoms with E-state index in [1.165, 1.54) is 11.3 Å². The van der Waals surface area contributed by atoms with E-state index in [1.54, 1.807) is 55.6 Å². The third-order valence-corrected chi connectivity index (χ3v) is 5.56. The number of likely N-dealkylation sites (N-methyl/N-ethyl adjacent to an activating group) is 1. The molecule has 7 heteroatoms. The average molecular weight is 446 g/mol. The van der Waals surface area contributed by atoms with E-state index in [4.69, 9.17) is 9.47 Å². The molecule has 170 valence electrons. The molecule has 0 bridgehead atoms. The highest BCUT2D eigenvalue weighted by Gasteiger charge is 2.18. The molecule has 4 rings (SSSR count). The predicted octanol–water partition coefficient (Wildman–Crippen LogP) is 4.35. The Hall–Kier alpha value is -4.00. The summed E-state index contributed by atoms with van der Waals surface area (Å²) in [4.78, 5) is 27.1. The van der Waals surface area contributed by atoms with Crippen molar-refractivity contribution in [2.75, 3.05) is 42.3 Å². The van der Waals surface area contributed by atoms with Crippen LogP contribution in [-0.4, -0.2) is 38.6 Å². The molecule has 2 amide bonds. The van der Waals surface area contributed by atoms with Crippen LogP contribution in [0.1, 0.15) is 22.8 Å². The van der Waals surface area contributed by atoms with Gasteiger partial charge < -0.3 is 25.0 Å². The van der Waals surface area contributed by atoms with Gasteiger partial charge in [-0.15, -0.1) is 0 Å². The summed E-state index contributed by atoms with van der Waals surface area (Å²) in [5, 5.41) is 5.72. The minimum Gasteiger partial charge on any atom is -0.497 e. The lowest BCUT2D eigenvalue weighted by Crippen LogP contribution is -2.20. The minimum atomic E-state index is -0.289. The fourth-order valence-electron chi connectivity index (χ4n) is 3.80. The van der Waals surface area contributed by atoms with Crippen molar-refractivity contribution in [3.8, 4) is 11.5 Å². The molecule has 2 N–H and O–H groups in total. The molecule has 0 saturated heterocycles. The third kappa shape index (κ3) is 5.44. The zero-order valence-electron chi connectivity index (χ0n) is 18.8. The zero-order chi connectivity index (χ0) is 23.2. The number of carbonyl (C=O) groups excluding carboxylic acids is 2. The number of fused-ring (bicyclic) bond motifs is 1. The summed E-state index contributed by atoms with van der Waals surface area (Å²) in [7, 11) is 1.57. The summed E-state index contributed by atoms with van der Waals surface area (Å²) in [5.74, 6) is 0.676. The molecular weight excluding hydrogens is 418 g/mol. The lowest BCUT2D eigenvalue weighted by molar-refractivity contribution is -0.118. The van der Waals surface area contributed by atoms with E-state index in [0.717, 1.165) is 25.2 Å². The van der Waals surface area contributed by atoms with Gasteiger partial charge in [0.15, 0.2) is 6.61 Å². The van der Waals surface area contributed by atoms with E-state index in [9.17, 15) is 9.59 Å². The molecule has 0 aliphatic carbocycles. The van der Waals surface area contributed by atoms with Crippen molar-refractivity contribution in [2.45, 2.75) is 13.3 Å². The molecule has 0 fully saturated rings. The molecule has 0 radical (unpaired) electrons. The van der Waals surface area contributed by atoms with Crippen LogP contribution < -0.4 is 25.0 Å². The number of carbonyl (C=O) groups is 2. The molecule has 1 heterocycles. The molecule has 0 atom stereocenters. The molecule has 1 aliphatic heterocycles. The highest BCUT2D eigenvalue weighted by atomic mass is 16.5. The van der Waals surface area contributed by atoms with Crippen molar-refractivity contribution in [3.05, 3.63) is 77.9 Å². The summed E-state index contributed by atoms with van der Waals surface area (Å²) >= 11 is 0. The fraction of sp³-hybridized carbons (Fsp3) is 0.231. The monoisotopic (exact) mass is 445 g/mol. The maximum absolute atomic E-state index is 12.7. The molecular formula is C26H27N3O4. The molecule has 33 heavy (non-hydrogen) atoms. The Morgan fingerprint density at radius 3 is 2.48 bits per heavy atom. The molecule has 3 aromatic carbocycles. The largest absolute Gasteiger partial charge is 0.497 e. The van der Waals surface area contributed by atoms with Gasteiger partial charge in [0.05, 0.1) is 7.11 Å². The van der Waals surface area contributed by atoms with Crippen molar-refractivity contribution in [3.63, 3.8) is 0 Å². The highest BCUT2D eigenvalue weighted by molar-refractivity contribution is 6.04. The molecule has 7 nitrogen and oxygen atoms in total. The zero-order valence-corrected chi connectivity index (χ0v) is 18.8. The van der Waals surface area contributed by atoms with Crippen molar-refractivity contribution >= 4 is 28.9 Å². The Bertz CT molecular complexity index is 1140. The number of hydrogen-bond donors (Lipinski definition) is 2. The molecule has 0 aromatic heterocycles. The lowest BCUT2D eigenvalue weighted by Gasteiger charge is -2.17. The first-order valence-electron chi connectivity index (χ1n) is 10.9. The van der Waals surface area contributed by atoms with Gasteiger partial charge in [-0.1, -0.05) is 12.1 Å². The van der Waals surface area contributed by atoms with Crippen LogP contribution >= 0.6 is 0 Å². The van der Waals surface area contributed by atoms with Gasteiger partial charge >= 0.3 is 0 Å². The van der Waals surface area contributed by atoms with Crippen LogP contribution in [-0.2, 0) is 11.2 Å². The first kappa shape index (κ1) is 22.2. The summed E-state index contributed by atoms with van der Waals surface area (Å²) in [6, 6.07) is 19.8. The number of amides is 2. The number of benzene rings is 3. The van der Waals surface area contributed by atoms with E-state index in [-0.39, 0.29) is 18.4 Å². The van der Waals surface area contributed by atoms with Crippen LogP contribution in [0, 0.1) is 0 Å². The van der Waals surface area contributed by atoms with E-state index in [0.29, 0.717) is 22.7 Å². The van der Waals surface area contributed by atoms with E-state index < -0.39 is 0 Å². The van der Waals surface area contributed by atoms with Gasteiger partial charge in [-0.3, -0.25) is 9.59 Å². The van der Waals surface area contributed by atoms with Crippen molar-refractivity contribution in [2.24, 2.45) is 0 Å². The second-order valence-electron chi connectivity index (χ2n) is 7.72. The van der Waals surface area contributed by atoms with Crippen LogP contribution in [0.15, 0.2) is 66.7 Å². The van der Waals surface area contributed by atoms with Gasteiger partial charge in [0, 0.05) is 41.8 Å². The van der Waals surface area contributed by atoms with Gasteiger partial charge in [0.2, 0.25) is 0 Å². The topological polar surface area (TPSA) is 79.9 Å². The molecule has 3 aromatic rings. The van der Waals surface area contributed by atoms with Crippen molar-refractivity contribution in [1.29, 1.82) is 0 Å². The van der Waals surface area contributed by atoms with E-state index >= 15 is 0 Å². The van der Waals surface area contributed by atoms with Gasteiger partial charge in [0.1, 0.15) is 11.5 Å². The van der Waals surface area contributed by atoms with Gasteiger partial charge in [-0.2, -0.15) is 0 Å².